The minimum absolute atomic E-state index is 0.161. The summed E-state index contributed by atoms with van der Waals surface area (Å²) >= 11 is 0. The minimum Gasteiger partial charge on any atom is -0.496 e. The molecule has 0 bridgehead atoms. The summed E-state index contributed by atoms with van der Waals surface area (Å²) in [6, 6.07) is 3.92. The molecule has 4 nitrogen and oxygen atoms in total. The van der Waals surface area contributed by atoms with Crippen molar-refractivity contribution in [2.75, 3.05) is 40.8 Å². The Hall–Kier alpha value is -1.38. The maximum atomic E-state index is 13.9. The predicted octanol–water partition coefficient (Wildman–Crippen LogP) is 3.43. The van der Waals surface area contributed by atoms with E-state index in [0.717, 1.165) is 6.42 Å². The zero-order valence-electron chi connectivity index (χ0n) is 17.1. The molecule has 0 amide bonds. The molecule has 1 aromatic carbocycles. The molecule has 0 saturated carbocycles. The number of rotatable bonds is 7. The molecule has 2 rings (SSSR count). The number of β-amino-alcohol motifs (C(OH)–C–C–N with tert-alkyl or cyclic N) is 1. The van der Waals surface area contributed by atoms with Crippen LogP contribution in [0.1, 0.15) is 32.3 Å². The number of ether oxygens (including phenoxy) is 1. The average Bonchev–Trinajstić information content (AvgIpc) is 3.01. The number of nitrogens with zero attached hydrogens (tertiary/aromatic N) is 2. The number of hydrogen-bond acceptors (Lipinski definition) is 4. The summed E-state index contributed by atoms with van der Waals surface area (Å²) in [5.74, 6) is -0.266. The van der Waals surface area contributed by atoms with Gasteiger partial charge in [0, 0.05) is 24.7 Å². The van der Waals surface area contributed by atoms with Gasteiger partial charge >= 0.3 is 6.18 Å². The van der Waals surface area contributed by atoms with E-state index in [4.69, 9.17) is 4.74 Å². The van der Waals surface area contributed by atoms with Crippen LogP contribution < -0.4 is 4.74 Å². The standard InChI is InChI=1S/C20H30F4N2O2/c1-18(2,16-10-14(21)6-7-17(16)28-5)12-19(27,20(22,23)24)13-26-9-8-15(11-26)25(3)4/h6-7,10,15,27H,8-9,11-13H2,1-5H3. The van der Waals surface area contributed by atoms with Gasteiger partial charge in [0.05, 0.1) is 7.11 Å². The molecule has 0 radical (unpaired) electrons. The van der Waals surface area contributed by atoms with Crippen LogP contribution in [0.15, 0.2) is 18.2 Å². The first kappa shape index (κ1) is 22.9. The van der Waals surface area contributed by atoms with Crippen LogP contribution in [0.5, 0.6) is 5.75 Å². The molecular weight excluding hydrogens is 376 g/mol. The lowest BCUT2D eigenvalue weighted by Crippen LogP contribution is -2.56. The molecule has 1 saturated heterocycles. The molecule has 2 unspecified atom stereocenters. The van der Waals surface area contributed by atoms with Gasteiger partial charge in [0.25, 0.3) is 0 Å². The zero-order valence-corrected chi connectivity index (χ0v) is 17.1. The van der Waals surface area contributed by atoms with Gasteiger partial charge in [0.1, 0.15) is 11.6 Å². The first-order chi connectivity index (χ1) is 12.8. The normalized spacial score (nSPS) is 21.2. The van der Waals surface area contributed by atoms with Crippen LogP contribution in [-0.2, 0) is 5.41 Å². The second-order valence-corrected chi connectivity index (χ2v) is 8.58. The van der Waals surface area contributed by atoms with Crippen molar-refractivity contribution in [3.05, 3.63) is 29.6 Å². The van der Waals surface area contributed by atoms with Crippen LogP contribution in [0.2, 0.25) is 0 Å². The van der Waals surface area contributed by atoms with Crippen molar-refractivity contribution in [2.45, 2.75) is 49.9 Å². The van der Waals surface area contributed by atoms with E-state index >= 15 is 0 Å². The van der Waals surface area contributed by atoms with Crippen LogP contribution in [0.25, 0.3) is 0 Å². The topological polar surface area (TPSA) is 35.9 Å². The third-order valence-electron chi connectivity index (χ3n) is 5.62. The highest BCUT2D eigenvalue weighted by molar-refractivity contribution is 5.39. The molecule has 1 heterocycles. The highest BCUT2D eigenvalue weighted by Crippen LogP contribution is 2.44. The monoisotopic (exact) mass is 406 g/mol. The molecule has 160 valence electrons. The van der Waals surface area contributed by atoms with Crippen LogP contribution in [-0.4, -0.2) is 73.6 Å². The lowest BCUT2D eigenvalue weighted by molar-refractivity contribution is -0.271. The number of benzene rings is 1. The summed E-state index contributed by atoms with van der Waals surface area (Å²) in [6.07, 6.45) is -4.67. The third kappa shape index (κ3) is 4.96. The molecule has 1 aromatic rings. The Morgan fingerprint density at radius 2 is 1.89 bits per heavy atom. The molecule has 1 fully saturated rings. The number of alkyl halides is 3. The number of halogens is 4. The van der Waals surface area contributed by atoms with Crippen molar-refractivity contribution in [2.24, 2.45) is 0 Å². The lowest BCUT2D eigenvalue weighted by Gasteiger charge is -2.40. The van der Waals surface area contributed by atoms with Crippen molar-refractivity contribution >= 4 is 0 Å². The Morgan fingerprint density at radius 3 is 2.39 bits per heavy atom. The average molecular weight is 406 g/mol. The number of aliphatic hydroxyl groups is 1. The van der Waals surface area contributed by atoms with Crippen molar-refractivity contribution < 1.29 is 27.4 Å². The fourth-order valence-electron chi connectivity index (χ4n) is 4.03. The molecule has 1 N–H and O–H groups in total. The largest absolute Gasteiger partial charge is 0.496 e. The van der Waals surface area contributed by atoms with Gasteiger partial charge in [0.15, 0.2) is 5.60 Å². The maximum absolute atomic E-state index is 13.9. The number of likely N-dealkylation sites (tertiary alicyclic amines) is 1. The van der Waals surface area contributed by atoms with E-state index in [9.17, 15) is 22.7 Å². The fourth-order valence-corrected chi connectivity index (χ4v) is 4.03. The van der Waals surface area contributed by atoms with Crippen LogP contribution in [0.4, 0.5) is 17.6 Å². The number of likely N-dealkylation sites (N-methyl/N-ethyl adjacent to an activating group) is 1. The zero-order chi connectivity index (χ0) is 21.3. The van der Waals surface area contributed by atoms with E-state index in [1.807, 2.05) is 19.0 Å². The molecule has 0 aliphatic carbocycles. The second kappa shape index (κ2) is 8.16. The van der Waals surface area contributed by atoms with Crippen molar-refractivity contribution in [3.8, 4) is 5.75 Å². The SMILES string of the molecule is COc1ccc(F)cc1C(C)(C)CC(O)(CN1CCC(N(C)C)C1)C(F)(F)F. The molecule has 0 spiro atoms. The summed E-state index contributed by atoms with van der Waals surface area (Å²) in [7, 11) is 5.17. The minimum atomic E-state index is -4.82. The summed E-state index contributed by atoms with van der Waals surface area (Å²) in [6.45, 7) is 3.57. The summed E-state index contributed by atoms with van der Waals surface area (Å²) in [4.78, 5) is 3.63. The maximum Gasteiger partial charge on any atom is 0.418 e. The van der Waals surface area contributed by atoms with E-state index in [0.29, 0.717) is 24.4 Å². The van der Waals surface area contributed by atoms with E-state index in [1.165, 1.54) is 25.3 Å². The van der Waals surface area contributed by atoms with Gasteiger partial charge in [-0.25, -0.2) is 4.39 Å². The van der Waals surface area contributed by atoms with Gasteiger partial charge < -0.3 is 14.7 Å². The Labute approximate surface area is 164 Å². The van der Waals surface area contributed by atoms with E-state index in [-0.39, 0.29) is 6.04 Å². The fraction of sp³-hybridized carbons (Fsp3) is 0.700. The molecule has 1 aliphatic rings. The molecule has 28 heavy (non-hydrogen) atoms. The van der Waals surface area contributed by atoms with Gasteiger partial charge in [-0.3, -0.25) is 4.90 Å². The third-order valence-corrected chi connectivity index (χ3v) is 5.62. The Morgan fingerprint density at radius 1 is 1.25 bits per heavy atom. The first-order valence-corrected chi connectivity index (χ1v) is 9.31. The van der Waals surface area contributed by atoms with E-state index < -0.39 is 36.0 Å². The van der Waals surface area contributed by atoms with Gasteiger partial charge in [-0.2, -0.15) is 13.2 Å². The van der Waals surface area contributed by atoms with Crippen molar-refractivity contribution in [3.63, 3.8) is 0 Å². The number of hydrogen-bond donors (Lipinski definition) is 1. The van der Waals surface area contributed by atoms with Crippen LogP contribution >= 0.6 is 0 Å². The Kier molecular flexibility index (Phi) is 6.68. The van der Waals surface area contributed by atoms with Crippen LogP contribution in [0, 0.1) is 5.82 Å². The van der Waals surface area contributed by atoms with E-state index in [2.05, 4.69) is 0 Å². The van der Waals surface area contributed by atoms with E-state index in [1.54, 1.807) is 18.7 Å². The van der Waals surface area contributed by atoms with Gasteiger partial charge in [-0.05, 0) is 57.1 Å². The van der Waals surface area contributed by atoms with Gasteiger partial charge in [-0.15, -0.1) is 0 Å². The lowest BCUT2D eigenvalue weighted by atomic mass is 9.74. The molecule has 8 heteroatoms. The highest BCUT2D eigenvalue weighted by atomic mass is 19.4. The van der Waals surface area contributed by atoms with Gasteiger partial charge in [-0.1, -0.05) is 13.8 Å². The molecule has 2 atom stereocenters. The van der Waals surface area contributed by atoms with Gasteiger partial charge in [0.2, 0.25) is 0 Å². The molecule has 0 aromatic heterocycles. The smallest absolute Gasteiger partial charge is 0.418 e. The van der Waals surface area contributed by atoms with Crippen LogP contribution in [0.3, 0.4) is 0 Å². The quantitative estimate of drug-likeness (QED) is 0.704. The molecule has 1 aliphatic heterocycles. The Bertz CT molecular complexity index is 679. The predicted molar refractivity (Wildman–Crippen MR) is 100 cm³/mol. The Balaban J connectivity index is 2.30. The number of methoxy groups -OCH3 is 1. The summed E-state index contributed by atoms with van der Waals surface area (Å²) in [5.41, 5.74) is -3.79. The summed E-state index contributed by atoms with van der Waals surface area (Å²) in [5, 5.41) is 10.7. The summed E-state index contributed by atoms with van der Waals surface area (Å²) < 4.78 is 60.8. The highest BCUT2D eigenvalue weighted by Gasteiger charge is 2.57. The van der Waals surface area contributed by atoms with Crippen molar-refractivity contribution in [1.82, 2.24) is 9.80 Å². The first-order valence-electron chi connectivity index (χ1n) is 9.31. The van der Waals surface area contributed by atoms with Crippen molar-refractivity contribution in [1.29, 1.82) is 0 Å². The second-order valence-electron chi connectivity index (χ2n) is 8.58. The molecular formula is C20H30F4N2O2.